The van der Waals surface area contributed by atoms with E-state index in [0.29, 0.717) is 35.5 Å². The zero-order valence-electron chi connectivity index (χ0n) is 34.2. The van der Waals surface area contributed by atoms with Crippen molar-refractivity contribution in [3.63, 3.8) is 0 Å². The smallest absolute Gasteiger partial charge is 0.419 e. The maximum Gasteiger partial charge on any atom is 0.419 e. The summed E-state index contributed by atoms with van der Waals surface area (Å²) in [5.41, 5.74) is 4.85. The number of thioether (sulfide) groups is 1. The number of benzene rings is 3. The van der Waals surface area contributed by atoms with E-state index in [0.717, 1.165) is 34.0 Å². The molecule has 0 radical (unpaired) electrons. The number of rotatable bonds is 17. The molecule has 0 aliphatic carbocycles. The van der Waals surface area contributed by atoms with Gasteiger partial charge < -0.3 is 34.4 Å². The van der Waals surface area contributed by atoms with Crippen molar-refractivity contribution in [1.82, 2.24) is 19.8 Å². The summed E-state index contributed by atoms with van der Waals surface area (Å²) >= 11 is 1.72. The Kier molecular flexibility index (Phi) is 13.0. The Balaban J connectivity index is 1.06. The maximum absolute atomic E-state index is 13.8. The summed E-state index contributed by atoms with van der Waals surface area (Å²) in [5, 5.41) is 14.5. The number of nitrogens with one attached hydrogen (secondary N) is 1. The molecule has 14 nitrogen and oxygen atoms in total. The van der Waals surface area contributed by atoms with Crippen molar-refractivity contribution in [1.29, 1.82) is 0 Å². The van der Waals surface area contributed by atoms with Crippen LogP contribution in [-0.2, 0) is 31.2 Å². The summed E-state index contributed by atoms with van der Waals surface area (Å²) in [6.45, 7) is 7.92. The van der Waals surface area contributed by atoms with Crippen LogP contribution in [-0.4, -0.2) is 131 Å². The van der Waals surface area contributed by atoms with Crippen molar-refractivity contribution < 1.29 is 38.5 Å². The first-order chi connectivity index (χ1) is 27.7. The van der Waals surface area contributed by atoms with E-state index in [1.807, 2.05) is 41.2 Å². The molecule has 1 spiro atoms. The van der Waals surface area contributed by atoms with Gasteiger partial charge >= 0.3 is 18.0 Å². The van der Waals surface area contributed by atoms with Gasteiger partial charge in [0.05, 0.1) is 31.0 Å². The predicted molar refractivity (Wildman–Crippen MR) is 228 cm³/mol. The zero-order valence-corrected chi connectivity index (χ0v) is 36.0. The lowest BCUT2D eigenvalue weighted by Crippen LogP contribution is -2.63. The number of hydrogen-bond donors (Lipinski definition) is 2. The lowest BCUT2D eigenvalue weighted by atomic mass is 9.78. The molecule has 0 atom stereocenters. The third-order valence-corrected chi connectivity index (χ3v) is 15.0. The molecule has 0 bridgehead atoms. The molecule has 2 N–H and O–H groups in total. The Morgan fingerprint density at radius 3 is 2.21 bits per heavy atom. The molecule has 58 heavy (non-hydrogen) atoms. The molecule has 308 valence electrons. The molecular formula is C42H52N6O8SSi. The quantitative estimate of drug-likeness (QED) is 0.0905. The van der Waals surface area contributed by atoms with E-state index in [2.05, 4.69) is 69.6 Å². The van der Waals surface area contributed by atoms with Gasteiger partial charge in [-0.15, -0.1) is 0 Å². The minimum absolute atomic E-state index is 0.0206. The Hall–Kier alpha value is -5.16. The van der Waals surface area contributed by atoms with Crippen LogP contribution in [0, 0.1) is 0 Å². The van der Waals surface area contributed by atoms with Gasteiger partial charge in [0.25, 0.3) is 5.91 Å². The van der Waals surface area contributed by atoms with Crippen LogP contribution in [0.25, 0.3) is 0 Å². The summed E-state index contributed by atoms with van der Waals surface area (Å²) in [6, 6.07) is 18.0. The van der Waals surface area contributed by atoms with Crippen LogP contribution in [0.5, 0.6) is 0 Å². The van der Waals surface area contributed by atoms with Crippen molar-refractivity contribution >= 4 is 65.5 Å². The number of imidazole rings is 1. The SMILES string of the molecule is CCSCCN(CC(=O)O)Cc1cn(C(=O)OCCOCCNC(=O)c2ccc3c(c2)C(=O)OC32c3ccc(N(C)C)cc3[Si](C)(C)c3cc(N(C)C)ccc32)cn1. The molecule has 1 amide bonds. The van der Waals surface area contributed by atoms with Crippen LogP contribution in [0.4, 0.5) is 16.2 Å². The van der Waals surface area contributed by atoms with E-state index in [-0.39, 0.29) is 38.8 Å². The molecule has 0 saturated heterocycles. The number of carboxylic acid groups (broad SMARTS) is 1. The summed E-state index contributed by atoms with van der Waals surface area (Å²) in [4.78, 5) is 61.1. The number of esters is 1. The number of carbonyl (C=O) groups excluding carboxylic acids is 3. The normalized spacial score (nSPS) is 14.4. The Morgan fingerprint density at radius 2 is 1.59 bits per heavy atom. The molecule has 0 unspecified atom stereocenters. The molecule has 2 aliphatic rings. The molecular weight excluding hydrogens is 777 g/mol. The topological polar surface area (TPSA) is 156 Å². The fourth-order valence-electron chi connectivity index (χ4n) is 7.59. The first-order valence-corrected chi connectivity index (χ1v) is 23.4. The number of aromatic nitrogens is 2. The van der Waals surface area contributed by atoms with Crippen LogP contribution in [0.3, 0.4) is 0 Å². The summed E-state index contributed by atoms with van der Waals surface area (Å²) in [5.74, 6) is -0.0351. The second-order valence-electron chi connectivity index (χ2n) is 15.3. The van der Waals surface area contributed by atoms with Gasteiger partial charge in [-0.3, -0.25) is 14.5 Å². The van der Waals surface area contributed by atoms with E-state index < -0.39 is 31.7 Å². The Bertz CT molecular complexity index is 2130. The minimum Gasteiger partial charge on any atom is -0.480 e. The Labute approximate surface area is 344 Å². The molecule has 1 aromatic heterocycles. The average molecular weight is 829 g/mol. The number of carboxylic acids is 1. The van der Waals surface area contributed by atoms with Crippen LogP contribution < -0.4 is 25.5 Å². The standard InChI is InChI=1S/C42H52N6O8SSi/c1-8-57-20-16-47(26-38(49)50)24-29-25-48(27-44-29)41(53)55-19-18-54-17-15-43-39(51)28-9-12-33-32(21-28)40(52)56-42(33)34-13-10-30(45(2)3)22-36(34)58(6,7)37-23-31(46(4)5)11-14-35(37)42/h9-14,21-23,25,27H,8,15-20,24,26H2,1-7H3,(H,43,51)(H,49,50). The third-order valence-electron chi connectivity index (χ3n) is 10.6. The largest absolute Gasteiger partial charge is 0.480 e. The molecule has 0 fully saturated rings. The van der Waals surface area contributed by atoms with Crippen molar-refractivity contribution in [3.8, 4) is 0 Å². The van der Waals surface area contributed by atoms with E-state index in [9.17, 15) is 24.3 Å². The van der Waals surface area contributed by atoms with E-state index >= 15 is 0 Å². The average Bonchev–Trinajstić information content (AvgIpc) is 3.78. The molecule has 0 saturated carbocycles. The number of nitrogens with zero attached hydrogens (tertiary/aromatic N) is 5. The highest BCUT2D eigenvalue weighted by atomic mass is 32.2. The van der Waals surface area contributed by atoms with Gasteiger partial charge in [0.2, 0.25) is 0 Å². The third kappa shape index (κ3) is 8.65. The van der Waals surface area contributed by atoms with Crippen LogP contribution >= 0.6 is 11.8 Å². The van der Waals surface area contributed by atoms with Crippen molar-refractivity contribution in [2.45, 2.75) is 32.2 Å². The Morgan fingerprint density at radius 1 is 0.931 bits per heavy atom. The van der Waals surface area contributed by atoms with E-state index in [1.165, 1.54) is 27.5 Å². The number of fused-ring (bicyclic) bond motifs is 6. The lowest BCUT2D eigenvalue weighted by molar-refractivity contribution is -0.138. The zero-order chi connectivity index (χ0) is 41.8. The molecule has 6 rings (SSSR count). The monoisotopic (exact) mass is 828 g/mol. The molecule has 4 aromatic rings. The molecule has 16 heteroatoms. The van der Waals surface area contributed by atoms with Crippen LogP contribution in [0.2, 0.25) is 13.1 Å². The highest BCUT2D eigenvalue weighted by Crippen LogP contribution is 2.49. The first kappa shape index (κ1) is 42.4. The number of hydrogen-bond acceptors (Lipinski definition) is 12. The van der Waals surface area contributed by atoms with E-state index in [1.54, 1.807) is 28.8 Å². The number of aliphatic carboxylic acids is 1. The van der Waals surface area contributed by atoms with Crippen molar-refractivity contribution in [3.05, 3.63) is 101 Å². The van der Waals surface area contributed by atoms with Crippen LogP contribution in [0.1, 0.15) is 50.0 Å². The summed E-state index contributed by atoms with van der Waals surface area (Å²) in [7, 11) is 5.80. The second kappa shape index (κ2) is 17.8. The van der Waals surface area contributed by atoms with Gasteiger partial charge in [-0.1, -0.05) is 38.2 Å². The second-order valence-corrected chi connectivity index (χ2v) is 21.0. The molecule has 3 aromatic carbocycles. The van der Waals surface area contributed by atoms with Crippen LogP contribution in [0.15, 0.2) is 67.1 Å². The predicted octanol–water partition coefficient (Wildman–Crippen LogP) is 3.68. The summed E-state index contributed by atoms with van der Waals surface area (Å²) in [6.07, 6.45) is 2.22. The highest BCUT2D eigenvalue weighted by Gasteiger charge is 2.56. The van der Waals surface area contributed by atoms with Gasteiger partial charge in [0.1, 0.15) is 21.0 Å². The molecule has 3 heterocycles. The summed E-state index contributed by atoms with van der Waals surface area (Å²) < 4.78 is 18.6. The first-order valence-electron chi connectivity index (χ1n) is 19.3. The van der Waals surface area contributed by atoms with E-state index in [4.69, 9.17) is 14.2 Å². The highest BCUT2D eigenvalue weighted by molar-refractivity contribution is 7.99. The number of amides is 1. The molecule has 2 aliphatic heterocycles. The van der Waals surface area contributed by atoms with Gasteiger partial charge in [-0.25, -0.2) is 19.1 Å². The number of anilines is 2. The minimum atomic E-state index is -2.28. The lowest BCUT2D eigenvalue weighted by Gasteiger charge is -2.44. The van der Waals surface area contributed by atoms with Gasteiger partial charge in [-0.05, 0) is 52.5 Å². The number of carbonyl (C=O) groups is 4. The van der Waals surface area contributed by atoms with Gasteiger partial charge in [0.15, 0.2) is 5.60 Å². The van der Waals surface area contributed by atoms with Crippen molar-refractivity contribution in [2.75, 3.05) is 89.0 Å². The van der Waals surface area contributed by atoms with Gasteiger partial charge in [-0.2, -0.15) is 11.8 Å². The van der Waals surface area contributed by atoms with Crippen molar-refractivity contribution in [2.24, 2.45) is 0 Å². The fourth-order valence-corrected chi connectivity index (χ4v) is 11.4. The fraction of sp³-hybridized carbons (Fsp3) is 0.405. The number of ether oxygens (including phenoxy) is 3. The maximum atomic E-state index is 13.8. The van der Waals surface area contributed by atoms with Gasteiger partial charge in [0, 0.05) is 93.4 Å².